The van der Waals surface area contributed by atoms with Crippen LogP contribution in [-0.2, 0) is 4.79 Å². The van der Waals surface area contributed by atoms with Crippen LogP contribution < -0.4 is 5.32 Å². The SMILES string of the molecule is Cc1nc(NC(=O)CSc2ncccn2)sc1C(=O)N(C)C. The zero-order chi connectivity index (χ0) is 16.1. The van der Waals surface area contributed by atoms with Crippen LogP contribution in [0, 0.1) is 6.92 Å². The number of anilines is 1. The van der Waals surface area contributed by atoms with Gasteiger partial charge in [-0.15, -0.1) is 0 Å². The minimum atomic E-state index is -0.213. The second-order valence-electron chi connectivity index (χ2n) is 4.50. The van der Waals surface area contributed by atoms with Crippen LogP contribution in [0.25, 0.3) is 0 Å². The third-order valence-electron chi connectivity index (χ3n) is 2.52. The number of rotatable bonds is 5. The molecule has 0 unspecified atom stereocenters. The van der Waals surface area contributed by atoms with Gasteiger partial charge in [0.15, 0.2) is 10.3 Å². The van der Waals surface area contributed by atoms with Gasteiger partial charge in [0.2, 0.25) is 5.91 Å². The van der Waals surface area contributed by atoms with Crippen LogP contribution in [0.2, 0.25) is 0 Å². The molecule has 22 heavy (non-hydrogen) atoms. The first-order valence-corrected chi connectivity index (χ1v) is 8.16. The summed E-state index contributed by atoms with van der Waals surface area (Å²) in [6.07, 6.45) is 3.24. The van der Waals surface area contributed by atoms with Crippen LogP contribution >= 0.6 is 23.1 Å². The fourth-order valence-corrected chi connectivity index (χ4v) is 3.10. The number of carbonyl (C=O) groups is 2. The normalized spacial score (nSPS) is 10.3. The van der Waals surface area contributed by atoms with Crippen molar-refractivity contribution in [1.82, 2.24) is 19.9 Å². The average molecular weight is 337 g/mol. The molecule has 0 aromatic carbocycles. The topological polar surface area (TPSA) is 88.1 Å². The second-order valence-corrected chi connectivity index (χ2v) is 6.44. The third kappa shape index (κ3) is 4.25. The van der Waals surface area contributed by atoms with Gasteiger partial charge in [0.1, 0.15) is 4.88 Å². The van der Waals surface area contributed by atoms with Crippen molar-refractivity contribution in [2.75, 3.05) is 25.2 Å². The van der Waals surface area contributed by atoms with E-state index in [2.05, 4.69) is 20.3 Å². The molecule has 2 aromatic rings. The van der Waals surface area contributed by atoms with Gasteiger partial charge in [-0.1, -0.05) is 23.1 Å². The highest BCUT2D eigenvalue weighted by molar-refractivity contribution is 7.99. The van der Waals surface area contributed by atoms with Gasteiger partial charge in [0, 0.05) is 26.5 Å². The lowest BCUT2D eigenvalue weighted by molar-refractivity contribution is -0.113. The van der Waals surface area contributed by atoms with E-state index in [1.54, 1.807) is 39.5 Å². The smallest absolute Gasteiger partial charge is 0.265 e. The van der Waals surface area contributed by atoms with Gasteiger partial charge >= 0.3 is 0 Å². The Balaban J connectivity index is 1.95. The van der Waals surface area contributed by atoms with Gasteiger partial charge in [-0.05, 0) is 13.0 Å². The van der Waals surface area contributed by atoms with Crippen molar-refractivity contribution in [3.05, 3.63) is 29.0 Å². The average Bonchev–Trinajstić information content (AvgIpc) is 2.85. The van der Waals surface area contributed by atoms with E-state index >= 15 is 0 Å². The number of aromatic nitrogens is 3. The molecule has 2 rings (SSSR count). The van der Waals surface area contributed by atoms with Crippen LogP contribution in [0.4, 0.5) is 5.13 Å². The van der Waals surface area contributed by atoms with Crippen LogP contribution in [0.3, 0.4) is 0 Å². The fourth-order valence-electron chi connectivity index (χ4n) is 1.50. The van der Waals surface area contributed by atoms with Crippen molar-refractivity contribution in [2.24, 2.45) is 0 Å². The first kappa shape index (κ1) is 16.4. The molecule has 9 heteroatoms. The number of thiazole rings is 1. The van der Waals surface area contributed by atoms with E-state index in [9.17, 15) is 9.59 Å². The summed E-state index contributed by atoms with van der Waals surface area (Å²) in [6.45, 7) is 1.75. The monoisotopic (exact) mass is 337 g/mol. The maximum atomic E-state index is 11.9. The largest absolute Gasteiger partial charge is 0.344 e. The van der Waals surface area contributed by atoms with Crippen molar-refractivity contribution in [2.45, 2.75) is 12.1 Å². The van der Waals surface area contributed by atoms with E-state index in [1.807, 2.05) is 0 Å². The van der Waals surface area contributed by atoms with E-state index in [0.29, 0.717) is 20.9 Å². The van der Waals surface area contributed by atoms with Crippen molar-refractivity contribution in [3.8, 4) is 0 Å². The summed E-state index contributed by atoms with van der Waals surface area (Å²) in [5.74, 6) is -0.155. The highest BCUT2D eigenvalue weighted by atomic mass is 32.2. The van der Waals surface area contributed by atoms with E-state index in [1.165, 1.54) is 28.0 Å². The summed E-state index contributed by atoms with van der Waals surface area (Å²) in [7, 11) is 3.35. The number of nitrogens with zero attached hydrogens (tertiary/aromatic N) is 4. The molecular formula is C13H15N5O2S2. The molecule has 0 aliphatic carbocycles. The van der Waals surface area contributed by atoms with Gasteiger partial charge in [0.25, 0.3) is 5.91 Å². The molecule has 0 bridgehead atoms. The van der Waals surface area contributed by atoms with Crippen molar-refractivity contribution < 1.29 is 9.59 Å². The molecule has 0 aliphatic rings. The Morgan fingerprint density at radius 1 is 1.32 bits per heavy atom. The number of aryl methyl sites for hydroxylation is 1. The zero-order valence-electron chi connectivity index (χ0n) is 12.4. The van der Waals surface area contributed by atoms with Crippen LogP contribution in [0.15, 0.2) is 23.6 Å². The van der Waals surface area contributed by atoms with Crippen LogP contribution in [-0.4, -0.2) is 51.5 Å². The molecule has 116 valence electrons. The van der Waals surface area contributed by atoms with Gasteiger partial charge < -0.3 is 10.2 Å². The lowest BCUT2D eigenvalue weighted by Crippen LogP contribution is -2.21. The molecule has 2 aromatic heterocycles. The lowest BCUT2D eigenvalue weighted by atomic mass is 10.3. The molecular weight excluding hydrogens is 322 g/mol. The van der Waals surface area contributed by atoms with E-state index in [4.69, 9.17) is 0 Å². The predicted molar refractivity (Wildman–Crippen MR) is 86.3 cm³/mol. The highest BCUT2D eigenvalue weighted by Gasteiger charge is 2.18. The number of carbonyl (C=O) groups excluding carboxylic acids is 2. The standard InChI is InChI=1S/C13H15N5O2S2/c1-8-10(11(20)18(2)3)22-13(16-8)17-9(19)7-21-12-14-5-4-6-15-12/h4-6H,7H2,1-3H3,(H,16,17,19). The molecule has 0 radical (unpaired) electrons. The summed E-state index contributed by atoms with van der Waals surface area (Å²) >= 11 is 2.41. The zero-order valence-corrected chi connectivity index (χ0v) is 14.0. The maximum Gasteiger partial charge on any atom is 0.265 e. The van der Waals surface area contributed by atoms with Crippen molar-refractivity contribution in [1.29, 1.82) is 0 Å². The van der Waals surface area contributed by atoms with Gasteiger partial charge in [-0.3, -0.25) is 9.59 Å². The predicted octanol–water partition coefficient (Wildman–Crippen LogP) is 1.67. The number of amides is 2. The first-order valence-electron chi connectivity index (χ1n) is 6.36. The molecule has 2 heterocycles. The summed E-state index contributed by atoms with van der Waals surface area (Å²) in [5, 5.41) is 3.65. The Morgan fingerprint density at radius 2 is 2.00 bits per heavy atom. The minimum absolute atomic E-state index is 0.123. The molecule has 0 spiro atoms. The quantitative estimate of drug-likeness (QED) is 0.659. The Bertz CT molecular complexity index is 672. The maximum absolute atomic E-state index is 11.9. The summed E-state index contributed by atoms with van der Waals surface area (Å²) in [5.41, 5.74) is 0.609. The van der Waals surface area contributed by atoms with Gasteiger partial charge in [0.05, 0.1) is 11.4 Å². The minimum Gasteiger partial charge on any atom is -0.344 e. The third-order valence-corrected chi connectivity index (χ3v) is 4.45. The fraction of sp³-hybridized carbons (Fsp3) is 0.308. The Kier molecular flexibility index (Phi) is 5.45. The molecule has 0 atom stereocenters. The summed E-state index contributed by atoms with van der Waals surface area (Å²) < 4.78 is 0. The van der Waals surface area contributed by atoms with Crippen molar-refractivity contribution in [3.63, 3.8) is 0 Å². The summed E-state index contributed by atoms with van der Waals surface area (Å²) in [6, 6.07) is 1.71. The molecule has 2 amide bonds. The Labute approximate surface area is 136 Å². The second kappa shape index (κ2) is 7.32. The van der Waals surface area contributed by atoms with E-state index in [-0.39, 0.29) is 17.6 Å². The molecule has 7 nitrogen and oxygen atoms in total. The van der Waals surface area contributed by atoms with Gasteiger partial charge in [-0.2, -0.15) is 0 Å². The molecule has 0 saturated carbocycles. The summed E-state index contributed by atoms with van der Waals surface area (Å²) in [4.78, 5) is 38.1. The number of hydrogen-bond donors (Lipinski definition) is 1. The molecule has 0 fully saturated rings. The molecule has 0 saturated heterocycles. The lowest BCUT2D eigenvalue weighted by Gasteiger charge is -2.07. The Hall–Kier alpha value is -2.00. The molecule has 1 N–H and O–H groups in total. The van der Waals surface area contributed by atoms with E-state index in [0.717, 1.165) is 0 Å². The Morgan fingerprint density at radius 3 is 2.64 bits per heavy atom. The number of nitrogens with one attached hydrogen (secondary N) is 1. The van der Waals surface area contributed by atoms with E-state index < -0.39 is 0 Å². The van der Waals surface area contributed by atoms with Crippen molar-refractivity contribution >= 4 is 40.0 Å². The van der Waals surface area contributed by atoms with Crippen LogP contribution in [0.5, 0.6) is 0 Å². The number of hydrogen-bond acceptors (Lipinski definition) is 7. The molecule has 0 aliphatic heterocycles. The van der Waals surface area contributed by atoms with Crippen LogP contribution in [0.1, 0.15) is 15.4 Å². The van der Waals surface area contributed by atoms with Gasteiger partial charge in [-0.25, -0.2) is 15.0 Å². The first-order chi connectivity index (χ1) is 10.5. The highest BCUT2D eigenvalue weighted by Crippen LogP contribution is 2.24. The number of thioether (sulfide) groups is 1.